The maximum absolute atomic E-state index is 12.0. The Labute approximate surface area is 141 Å². The average Bonchev–Trinajstić information content (AvgIpc) is 2.58. The monoisotopic (exact) mass is 327 g/mol. The summed E-state index contributed by atoms with van der Waals surface area (Å²) in [5, 5.41) is 11.6. The molecule has 24 heavy (non-hydrogen) atoms. The first-order valence-electron chi connectivity index (χ1n) is 7.78. The van der Waals surface area contributed by atoms with Crippen LogP contribution in [-0.4, -0.2) is 29.6 Å². The molecular weight excluding hydrogens is 306 g/mol. The molecule has 1 amide bonds. The highest BCUT2D eigenvalue weighted by atomic mass is 16.5. The van der Waals surface area contributed by atoms with Crippen molar-refractivity contribution in [1.82, 2.24) is 5.32 Å². The minimum Gasteiger partial charge on any atom is -0.483 e. The number of nitrogens with one attached hydrogen (secondary N) is 1. The van der Waals surface area contributed by atoms with E-state index in [1.54, 1.807) is 19.9 Å². The summed E-state index contributed by atoms with van der Waals surface area (Å²) < 4.78 is 5.61. The Kier molecular flexibility index (Phi) is 5.95. The highest BCUT2D eigenvalue weighted by molar-refractivity contribution is 5.84. The molecular formula is C19H21NO4. The quantitative estimate of drug-likeness (QED) is 0.820. The number of carboxylic acids is 1. The zero-order valence-corrected chi connectivity index (χ0v) is 13.7. The van der Waals surface area contributed by atoms with E-state index in [9.17, 15) is 9.59 Å². The second-order valence-electron chi connectivity index (χ2n) is 5.78. The van der Waals surface area contributed by atoms with Gasteiger partial charge >= 0.3 is 5.97 Å². The van der Waals surface area contributed by atoms with Gasteiger partial charge in [0.15, 0.2) is 6.61 Å². The van der Waals surface area contributed by atoms with Gasteiger partial charge in [0.2, 0.25) is 0 Å². The molecule has 1 atom stereocenters. The fraction of sp³-hybridized carbons (Fsp3) is 0.263. The summed E-state index contributed by atoms with van der Waals surface area (Å²) in [6, 6.07) is 16.2. The van der Waals surface area contributed by atoms with Gasteiger partial charge in [0.25, 0.3) is 5.91 Å². The first-order valence-corrected chi connectivity index (χ1v) is 7.78. The Morgan fingerprint density at radius 1 is 1.04 bits per heavy atom. The molecule has 2 aromatic carbocycles. The summed E-state index contributed by atoms with van der Waals surface area (Å²) in [7, 11) is 0. The Hall–Kier alpha value is -2.82. The fourth-order valence-corrected chi connectivity index (χ4v) is 2.32. The van der Waals surface area contributed by atoms with Gasteiger partial charge in [-0.2, -0.15) is 0 Å². The molecule has 0 saturated carbocycles. The van der Waals surface area contributed by atoms with E-state index in [1.165, 1.54) is 0 Å². The van der Waals surface area contributed by atoms with Gasteiger partial charge in [-0.05, 0) is 17.5 Å². The Morgan fingerprint density at radius 3 is 2.29 bits per heavy atom. The molecule has 2 rings (SSSR count). The number of carbonyl (C=O) groups excluding carboxylic acids is 1. The van der Waals surface area contributed by atoms with Crippen LogP contribution >= 0.6 is 0 Å². The van der Waals surface area contributed by atoms with Crippen molar-refractivity contribution in [2.75, 3.05) is 6.61 Å². The van der Waals surface area contributed by atoms with Crippen molar-refractivity contribution in [2.24, 2.45) is 5.92 Å². The molecule has 0 heterocycles. The zero-order chi connectivity index (χ0) is 17.5. The number of ether oxygens (including phenoxy) is 1. The molecule has 5 heteroatoms. The topological polar surface area (TPSA) is 75.6 Å². The molecule has 0 aliphatic carbocycles. The summed E-state index contributed by atoms with van der Waals surface area (Å²) in [5.74, 6) is -1.14. The van der Waals surface area contributed by atoms with Crippen molar-refractivity contribution in [3.8, 4) is 16.9 Å². The summed E-state index contributed by atoms with van der Waals surface area (Å²) in [5.41, 5.74) is 1.86. The smallest absolute Gasteiger partial charge is 0.326 e. The SMILES string of the molecule is CC(C)C(NC(=O)COc1ccccc1-c1ccccc1)C(=O)O. The number of benzene rings is 2. The number of rotatable bonds is 7. The van der Waals surface area contributed by atoms with Crippen LogP contribution in [0.3, 0.4) is 0 Å². The second-order valence-corrected chi connectivity index (χ2v) is 5.78. The van der Waals surface area contributed by atoms with Crippen LogP contribution in [0.25, 0.3) is 11.1 Å². The maximum atomic E-state index is 12.0. The van der Waals surface area contributed by atoms with Crippen LogP contribution in [-0.2, 0) is 9.59 Å². The lowest BCUT2D eigenvalue weighted by atomic mass is 10.0. The second kappa shape index (κ2) is 8.15. The van der Waals surface area contributed by atoms with Crippen molar-refractivity contribution >= 4 is 11.9 Å². The number of hydrogen-bond donors (Lipinski definition) is 2. The maximum Gasteiger partial charge on any atom is 0.326 e. The molecule has 5 nitrogen and oxygen atoms in total. The van der Waals surface area contributed by atoms with Gasteiger partial charge in [-0.25, -0.2) is 4.79 Å². The van der Waals surface area contributed by atoms with E-state index < -0.39 is 17.9 Å². The van der Waals surface area contributed by atoms with E-state index in [0.29, 0.717) is 5.75 Å². The number of aliphatic carboxylic acids is 1. The molecule has 0 saturated heterocycles. The Balaban J connectivity index is 2.05. The lowest BCUT2D eigenvalue weighted by Gasteiger charge is -2.18. The van der Waals surface area contributed by atoms with Crippen LogP contribution in [0.15, 0.2) is 54.6 Å². The molecule has 0 aromatic heterocycles. The molecule has 0 bridgehead atoms. The Bertz CT molecular complexity index is 698. The average molecular weight is 327 g/mol. The number of carboxylic acid groups (broad SMARTS) is 1. The standard InChI is InChI=1S/C19H21NO4/c1-13(2)18(19(22)23)20-17(21)12-24-16-11-7-6-10-15(16)14-8-4-3-5-9-14/h3-11,13,18H,12H2,1-2H3,(H,20,21)(H,22,23). The van der Waals surface area contributed by atoms with Crippen LogP contribution in [0.4, 0.5) is 0 Å². The van der Waals surface area contributed by atoms with Crippen molar-refractivity contribution in [3.63, 3.8) is 0 Å². The first-order chi connectivity index (χ1) is 11.5. The number of carbonyl (C=O) groups is 2. The van der Waals surface area contributed by atoms with Crippen molar-refractivity contribution in [3.05, 3.63) is 54.6 Å². The van der Waals surface area contributed by atoms with Crippen molar-refractivity contribution < 1.29 is 19.4 Å². The highest BCUT2D eigenvalue weighted by Gasteiger charge is 2.23. The third-order valence-corrected chi connectivity index (χ3v) is 3.58. The van der Waals surface area contributed by atoms with Gasteiger partial charge < -0.3 is 15.2 Å². The molecule has 2 aromatic rings. The predicted octanol–water partition coefficient (Wildman–Crippen LogP) is 2.96. The largest absolute Gasteiger partial charge is 0.483 e. The fourth-order valence-electron chi connectivity index (χ4n) is 2.32. The summed E-state index contributed by atoms with van der Waals surface area (Å²) >= 11 is 0. The Morgan fingerprint density at radius 2 is 1.67 bits per heavy atom. The third-order valence-electron chi connectivity index (χ3n) is 3.58. The first kappa shape index (κ1) is 17.5. The van der Waals surface area contributed by atoms with Crippen LogP contribution < -0.4 is 10.1 Å². The molecule has 1 unspecified atom stereocenters. The van der Waals surface area contributed by atoms with Gasteiger partial charge in [0, 0.05) is 5.56 Å². The minimum atomic E-state index is -1.05. The third kappa shape index (κ3) is 4.59. The molecule has 0 aliphatic rings. The van der Waals surface area contributed by atoms with E-state index in [-0.39, 0.29) is 12.5 Å². The highest BCUT2D eigenvalue weighted by Crippen LogP contribution is 2.29. The summed E-state index contributed by atoms with van der Waals surface area (Å²) in [6.45, 7) is 3.25. The molecule has 0 spiro atoms. The van der Waals surface area contributed by atoms with E-state index in [4.69, 9.17) is 9.84 Å². The van der Waals surface area contributed by atoms with Gasteiger partial charge in [-0.1, -0.05) is 62.4 Å². The lowest BCUT2D eigenvalue weighted by Crippen LogP contribution is -2.46. The predicted molar refractivity (Wildman–Crippen MR) is 91.8 cm³/mol. The number of amides is 1. The normalized spacial score (nSPS) is 11.8. The van der Waals surface area contributed by atoms with Crippen LogP contribution in [0.2, 0.25) is 0 Å². The molecule has 0 aliphatic heterocycles. The van der Waals surface area contributed by atoms with Gasteiger partial charge in [0.1, 0.15) is 11.8 Å². The summed E-state index contributed by atoms with van der Waals surface area (Å²) in [6.07, 6.45) is 0. The van der Waals surface area contributed by atoms with E-state index >= 15 is 0 Å². The van der Waals surface area contributed by atoms with E-state index in [0.717, 1.165) is 11.1 Å². The van der Waals surface area contributed by atoms with Gasteiger partial charge in [-0.3, -0.25) is 4.79 Å². The molecule has 2 N–H and O–H groups in total. The van der Waals surface area contributed by atoms with Gasteiger partial charge in [0.05, 0.1) is 0 Å². The minimum absolute atomic E-state index is 0.206. The lowest BCUT2D eigenvalue weighted by molar-refractivity contribution is -0.143. The summed E-state index contributed by atoms with van der Waals surface area (Å²) in [4.78, 5) is 23.1. The number of para-hydroxylation sites is 1. The van der Waals surface area contributed by atoms with Gasteiger partial charge in [-0.15, -0.1) is 0 Å². The zero-order valence-electron chi connectivity index (χ0n) is 13.7. The van der Waals surface area contributed by atoms with Crippen LogP contribution in [0, 0.1) is 5.92 Å². The number of hydrogen-bond acceptors (Lipinski definition) is 3. The van der Waals surface area contributed by atoms with Crippen molar-refractivity contribution in [1.29, 1.82) is 0 Å². The van der Waals surface area contributed by atoms with E-state index in [1.807, 2.05) is 48.5 Å². The van der Waals surface area contributed by atoms with Crippen LogP contribution in [0.5, 0.6) is 5.75 Å². The molecule has 0 radical (unpaired) electrons. The molecule has 126 valence electrons. The van der Waals surface area contributed by atoms with E-state index in [2.05, 4.69) is 5.32 Å². The molecule has 0 fully saturated rings. The van der Waals surface area contributed by atoms with Crippen molar-refractivity contribution in [2.45, 2.75) is 19.9 Å². The van der Waals surface area contributed by atoms with Crippen LogP contribution in [0.1, 0.15) is 13.8 Å².